The van der Waals surface area contributed by atoms with Crippen molar-refractivity contribution in [2.45, 2.75) is 20.1 Å². The molecule has 0 radical (unpaired) electrons. The van der Waals surface area contributed by atoms with Crippen LogP contribution in [0.3, 0.4) is 0 Å². The van der Waals surface area contributed by atoms with Crippen LogP contribution in [0.2, 0.25) is 0 Å². The van der Waals surface area contributed by atoms with Gasteiger partial charge in [0.2, 0.25) is 0 Å². The molecule has 0 aromatic heterocycles. The normalized spacial score (nSPS) is 11.2. The average Bonchev–Trinajstić information content (AvgIpc) is 2.56. The van der Waals surface area contributed by atoms with E-state index in [4.69, 9.17) is 0 Å². The van der Waals surface area contributed by atoms with Crippen molar-refractivity contribution in [3.8, 4) is 11.5 Å². The molecule has 0 bridgehead atoms. The largest absolute Gasteiger partial charge is 0.435 e. The summed E-state index contributed by atoms with van der Waals surface area (Å²) in [5.74, 6) is -1.27. The second-order valence-corrected chi connectivity index (χ2v) is 4.97. The number of rotatable bonds is 7. The molecule has 2 aromatic carbocycles. The Hall–Kier alpha value is -3.10. The second kappa shape index (κ2) is 8.84. The lowest BCUT2D eigenvalue weighted by atomic mass is 10.1. The van der Waals surface area contributed by atoms with Gasteiger partial charge in [-0.15, -0.1) is 0 Å². The Bertz CT molecular complexity index is 797. The molecule has 1 N–H and O–H groups in total. The van der Waals surface area contributed by atoms with E-state index >= 15 is 0 Å². The Balaban J connectivity index is 2.15. The summed E-state index contributed by atoms with van der Waals surface area (Å²) in [6.45, 7) is -4.54. The van der Waals surface area contributed by atoms with E-state index in [9.17, 15) is 22.4 Å². The van der Waals surface area contributed by atoms with Crippen molar-refractivity contribution in [3.05, 3.63) is 59.2 Å². The van der Waals surface area contributed by atoms with Crippen molar-refractivity contribution in [2.75, 3.05) is 0 Å². The van der Waals surface area contributed by atoms with E-state index in [1.54, 1.807) is 31.2 Å². The van der Waals surface area contributed by atoms with Crippen LogP contribution >= 0.6 is 0 Å². The maximum absolute atomic E-state index is 12.5. The van der Waals surface area contributed by atoms with Gasteiger partial charge in [0, 0.05) is 17.2 Å². The van der Waals surface area contributed by atoms with Crippen molar-refractivity contribution in [1.82, 2.24) is 5.43 Å². The number of halogens is 4. The molecule has 0 saturated heterocycles. The third-order valence-electron chi connectivity index (χ3n) is 3.19. The summed E-state index contributed by atoms with van der Waals surface area (Å²) in [5, 5.41) is 3.68. The number of benzene rings is 2. The van der Waals surface area contributed by atoms with Gasteiger partial charge in [-0.25, -0.2) is 5.43 Å². The minimum Gasteiger partial charge on any atom is -0.435 e. The second-order valence-electron chi connectivity index (χ2n) is 4.97. The standard InChI is InChI=1S/C17H14F4N2O3/c1-10-4-2-3-5-13(10)15(24)23-22-9-11-6-7-12(25-16(18)19)8-14(11)26-17(20)21/h2-9,16-17H,1H3,(H,23,24)/b22-9-. The van der Waals surface area contributed by atoms with Gasteiger partial charge in [0.05, 0.1) is 6.21 Å². The number of hydrogen-bond acceptors (Lipinski definition) is 4. The molecule has 26 heavy (non-hydrogen) atoms. The maximum atomic E-state index is 12.5. The molecule has 0 aliphatic heterocycles. The summed E-state index contributed by atoms with van der Waals surface area (Å²) in [7, 11) is 0. The van der Waals surface area contributed by atoms with E-state index in [0.717, 1.165) is 23.9 Å². The first-order valence-corrected chi connectivity index (χ1v) is 7.29. The minimum atomic E-state index is -3.18. The highest BCUT2D eigenvalue weighted by Crippen LogP contribution is 2.26. The number of carbonyl (C=O) groups is 1. The van der Waals surface area contributed by atoms with Crippen LogP contribution in [0.4, 0.5) is 17.6 Å². The smallest absolute Gasteiger partial charge is 0.387 e. The molecule has 0 heterocycles. The van der Waals surface area contributed by atoms with Crippen molar-refractivity contribution in [1.29, 1.82) is 0 Å². The molecule has 0 spiro atoms. The highest BCUT2D eigenvalue weighted by atomic mass is 19.3. The molecule has 9 heteroatoms. The number of amides is 1. The van der Waals surface area contributed by atoms with Crippen molar-refractivity contribution in [2.24, 2.45) is 5.10 Å². The summed E-state index contributed by atoms with van der Waals surface area (Å²) in [4.78, 5) is 12.0. The van der Waals surface area contributed by atoms with Crippen molar-refractivity contribution >= 4 is 12.1 Å². The fourth-order valence-corrected chi connectivity index (χ4v) is 2.04. The minimum absolute atomic E-state index is 0.0389. The molecular formula is C17H14F4N2O3. The molecule has 0 unspecified atom stereocenters. The predicted molar refractivity (Wildman–Crippen MR) is 85.9 cm³/mol. The lowest BCUT2D eigenvalue weighted by Gasteiger charge is -2.10. The van der Waals surface area contributed by atoms with Gasteiger partial charge in [-0.3, -0.25) is 4.79 Å². The summed E-state index contributed by atoms with van der Waals surface area (Å²) < 4.78 is 57.8. The van der Waals surface area contributed by atoms with E-state index in [1.165, 1.54) is 6.07 Å². The van der Waals surface area contributed by atoms with Crippen LogP contribution in [0.5, 0.6) is 11.5 Å². The monoisotopic (exact) mass is 370 g/mol. The third kappa shape index (κ3) is 5.47. The fraction of sp³-hybridized carbons (Fsp3) is 0.176. The molecular weight excluding hydrogens is 356 g/mol. The first-order chi connectivity index (χ1) is 12.4. The van der Waals surface area contributed by atoms with E-state index in [2.05, 4.69) is 20.0 Å². The number of carbonyl (C=O) groups excluding carboxylic acids is 1. The highest BCUT2D eigenvalue weighted by Gasteiger charge is 2.13. The van der Waals surface area contributed by atoms with Crippen LogP contribution in [0.15, 0.2) is 47.6 Å². The molecule has 0 atom stereocenters. The van der Waals surface area contributed by atoms with Gasteiger partial charge in [0.15, 0.2) is 0 Å². The van der Waals surface area contributed by atoms with Crippen LogP contribution in [-0.4, -0.2) is 25.3 Å². The van der Waals surface area contributed by atoms with Gasteiger partial charge in [-0.1, -0.05) is 18.2 Å². The van der Waals surface area contributed by atoms with Crippen molar-refractivity contribution < 1.29 is 31.8 Å². The summed E-state index contributed by atoms with van der Waals surface area (Å²) in [5.41, 5.74) is 3.42. The fourth-order valence-electron chi connectivity index (χ4n) is 2.04. The molecule has 0 fully saturated rings. The third-order valence-corrected chi connectivity index (χ3v) is 3.19. The van der Waals surface area contributed by atoms with Crippen LogP contribution in [0.1, 0.15) is 21.5 Å². The molecule has 0 aliphatic carbocycles. The number of nitrogens with one attached hydrogen (secondary N) is 1. The predicted octanol–water partition coefficient (Wildman–Crippen LogP) is 3.96. The van der Waals surface area contributed by atoms with Gasteiger partial charge >= 0.3 is 13.2 Å². The van der Waals surface area contributed by atoms with Crippen molar-refractivity contribution in [3.63, 3.8) is 0 Å². The Morgan fingerprint density at radius 1 is 1.08 bits per heavy atom. The van der Waals surface area contributed by atoms with Gasteiger partial charge < -0.3 is 9.47 Å². The van der Waals surface area contributed by atoms with E-state index in [-0.39, 0.29) is 11.3 Å². The van der Waals surface area contributed by atoms with Gasteiger partial charge in [-0.2, -0.15) is 22.7 Å². The zero-order valence-electron chi connectivity index (χ0n) is 13.5. The number of hydrazone groups is 1. The van der Waals surface area contributed by atoms with Gasteiger partial charge in [0.1, 0.15) is 11.5 Å². The van der Waals surface area contributed by atoms with Crippen LogP contribution in [0, 0.1) is 6.92 Å². The maximum Gasteiger partial charge on any atom is 0.387 e. The Morgan fingerprint density at radius 3 is 2.42 bits per heavy atom. The summed E-state index contributed by atoms with van der Waals surface area (Å²) in [6.07, 6.45) is 1.06. The molecule has 5 nitrogen and oxygen atoms in total. The number of aryl methyl sites for hydroxylation is 1. The Labute approximate surface area is 146 Å². The highest BCUT2D eigenvalue weighted by molar-refractivity contribution is 5.96. The first kappa shape index (κ1) is 19.2. The number of nitrogens with zero attached hydrogens (tertiary/aromatic N) is 1. The number of hydrogen-bond donors (Lipinski definition) is 1. The number of ether oxygens (including phenoxy) is 2. The summed E-state index contributed by atoms with van der Waals surface area (Å²) >= 11 is 0. The molecule has 2 rings (SSSR count). The number of alkyl halides is 4. The molecule has 138 valence electrons. The van der Waals surface area contributed by atoms with E-state index < -0.39 is 24.9 Å². The molecule has 0 aliphatic rings. The Morgan fingerprint density at radius 2 is 1.77 bits per heavy atom. The molecule has 2 aromatic rings. The van der Waals surface area contributed by atoms with Crippen LogP contribution in [-0.2, 0) is 0 Å². The lowest BCUT2D eigenvalue weighted by Crippen LogP contribution is -2.18. The molecule has 0 saturated carbocycles. The zero-order valence-corrected chi connectivity index (χ0v) is 13.5. The quantitative estimate of drug-likeness (QED) is 0.456. The van der Waals surface area contributed by atoms with Gasteiger partial charge in [-0.05, 0) is 30.7 Å². The van der Waals surface area contributed by atoms with Crippen LogP contribution < -0.4 is 14.9 Å². The summed E-state index contributed by atoms with van der Waals surface area (Å²) in [6, 6.07) is 10.0. The lowest BCUT2D eigenvalue weighted by molar-refractivity contribution is -0.0543. The average molecular weight is 370 g/mol. The topological polar surface area (TPSA) is 59.9 Å². The first-order valence-electron chi connectivity index (χ1n) is 7.29. The zero-order chi connectivity index (χ0) is 19.1. The van der Waals surface area contributed by atoms with E-state index in [0.29, 0.717) is 5.56 Å². The Kier molecular flexibility index (Phi) is 6.54. The molecule has 1 amide bonds. The van der Waals surface area contributed by atoms with Crippen LogP contribution in [0.25, 0.3) is 0 Å². The SMILES string of the molecule is Cc1ccccc1C(=O)N/N=C\c1ccc(OC(F)F)cc1OC(F)F. The van der Waals surface area contributed by atoms with E-state index in [1.807, 2.05) is 0 Å². The van der Waals surface area contributed by atoms with Gasteiger partial charge in [0.25, 0.3) is 5.91 Å².